The zero-order chi connectivity index (χ0) is 14.8. The molecule has 114 valence electrons. The molecule has 1 fully saturated rings. The fourth-order valence-corrected chi connectivity index (χ4v) is 3.44. The number of nitrogens with one attached hydrogen (secondary N) is 2. The van der Waals surface area contributed by atoms with Crippen LogP contribution in [0, 0.1) is 5.92 Å². The average Bonchev–Trinajstić information content (AvgIpc) is 2.53. The molecule has 2 N–H and O–H groups in total. The first-order valence-corrected chi connectivity index (χ1v) is 8.03. The molecular formula is C17H25N3O. The normalized spacial score (nSPS) is 22.4. The summed E-state index contributed by atoms with van der Waals surface area (Å²) >= 11 is 0. The quantitative estimate of drug-likeness (QED) is 0.878. The van der Waals surface area contributed by atoms with Crippen molar-refractivity contribution in [2.24, 2.45) is 5.92 Å². The lowest BCUT2D eigenvalue weighted by Gasteiger charge is -2.34. The van der Waals surface area contributed by atoms with Gasteiger partial charge in [-0.2, -0.15) is 0 Å². The van der Waals surface area contributed by atoms with Gasteiger partial charge < -0.3 is 15.5 Å². The largest absolute Gasteiger partial charge is 0.382 e. The third-order valence-corrected chi connectivity index (χ3v) is 4.81. The number of amides is 1. The van der Waals surface area contributed by atoms with Gasteiger partial charge in [0.25, 0.3) is 0 Å². The van der Waals surface area contributed by atoms with E-state index in [1.54, 1.807) is 7.05 Å². The molecular weight excluding hydrogens is 262 g/mol. The van der Waals surface area contributed by atoms with E-state index in [0.29, 0.717) is 6.04 Å². The highest BCUT2D eigenvalue weighted by atomic mass is 16.1. The number of nitrogens with zero attached hydrogens (tertiary/aromatic N) is 1. The summed E-state index contributed by atoms with van der Waals surface area (Å²) in [5, 5.41) is 6.32. The molecule has 1 unspecified atom stereocenters. The maximum Gasteiger partial charge on any atom is 0.222 e. The Morgan fingerprint density at radius 3 is 2.76 bits per heavy atom. The van der Waals surface area contributed by atoms with Crippen molar-refractivity contribution in [3.05, 3.63) is 23.8 Å². The fourth-order valence-electron chi connectivity index (χ4n) is 3.44. The number of hydrogen-bond donors (Lipinski definition) is 2. The highest BCUT2D eigenvalue weighted by molar-refractivity contribution is 5.78. The minimum absolute atomic E-state index is 0.186. The van der Waals surface area contributed by atoms with E-state index in [-0.39, 0.29) is 11.8 Å². The Balaban J connectivity index is 1.67. The zero-order valence-electron chi connectivity index (χ0n) is 13.0. The molecule has 0 bridgehead atoms. The summed E-state index contributed by atoms with van der Waals surface area (Å²) in [6.07, 6.45) is 4.26. The van der Waals surface area contributed by atoms with Gasteiger partial charge in [0.1, 0.15) is 0 Å². The number of fused-ring (bicyclic) bond motifs is 1. The number of rotatable bonds is 2. The van der Waals surface area contributed by atoms with E-state index in [0.717, 1.165) is 32.4 Å². The molecule has 0 aliphatic carbocycles. The van der Waals surface area contributed by atoms with E-state index >= 15 is 0 Å². The minimum Gasteiger partial charge on any atom is -0.382 e. The van der Waals surface area contributed by atoms with E-state index < -0.39 is 0 Å². The van der Waals surface area contributed by atoms with Crippen molar-refractivity contribution in [2.45, 2.75) is 38.6 Å². The molecule has 4 nitrogen and oxygen atoms in total. The smallest absolute Gasteiger partial charge is 0.222 e. The Kier molecular flexibility index (Phi) is 4.04. The van der Waals surface area contributed by atoms with Crippen LogP contribution in [-0.2, 0) is 11.2 Å². The van der Waals surface area contributed by atoms with E-state index in [4.69, 9.17) is 0 Å². The van der Waals surface area contributed by atoms with Crippen molar-refractivity contribution in [2.75, 3.05) is 30.4 Å². The van der Waals surface area contributed by atoms with Crippen molar-refractivity contribution in [1.82, 2.24) is 5.32 Å². The lowest BCUT2D eigenvalue weighted by Crippen LogP contribution is -2.39. The van der Waals surface area contributed by atoms with Gasteiger partial charge in [-0.3, -0.25) is 4.79 Å². The number of carbonyl (C=O) groups is 1. The topological polar surface area (TPSA) is 44.4 Å². The lowest BCUT2D eigenvalue weighted by atomic mass is 9.94. The first-order chi connectivity index (χ1) is 10.2. The van der Waals surface area contributed by atoms with Crippen molar-refractivity contribution < 1.29 is 4.79 Å². The van der Waals surface area contributed by atoms with Gasteiger partial charge in [0.05, 0.1) is 0 Å². The predicted molar refractivity (Wildman–Crippen MR) is 86.9 cm³/mol. The third-order valence-electron chi connectivity index (χ3n) is 4.81. The van der Waals surface area contributed by atoms with Crippen LogP contribution in [0.4, 0.5) is 11.4 Å². The van der Waals surface area contributed by atoms with Gasteiger partial charge in [0, 0.05) is 43.5 Å². The summed E-state index contributed by atoms with van der Waals surface area (Å²) in [6, 6.07) is 7.33. The standard InChI is InChI=1S/C17H25N3O/c1-12-3-4-14-11-15(5-6-16(14)19-12)20-9-7-13(8-10-20)17(21)18-2/h5-6,11-13,19H,3-4,7-10H2,1-2H3,(H,18,21). The molecule has 0 saturated carbocycles. The summed E-state index contributed by atoms with van der Waals surface area (Å²) in [6.45, 7) is 4.18. The van der Waals surface area contributed by atoms with Crippen LogP contribution in [0.2, 0.25) is 0 Å². The van der Waals surface area contributed by atoms with Crippen LogP contribution in [0.25, 0.3) is 0 Å². The molecule has 0 radical (unpaired) electrons. The van der Waals surface area contributed by atoms with Crippen molar-refractivity contribution in [3.8, 4) is 0 Å². The summed E-state index contributed by atoms with van der Waals surface area (Å²) < 4.78 is 0. The molecule has 2 heterocycles. The van der Waals surface area contributed by atoms with Crippen LogP contribution in [0.3, 0.4) is 0 Å². The molecule has 0 aromatic heterocycles. The first-order valence-electron chi connectivity index (χ1n) is 8.03. The van der Waals surface area contributed by atoms with E-state index in [2.05, 4.69) is 40.7 Å². The van der Waals surface area contributed by atoms with Crippen LogP contribution >= 0.6 is 0 Å². The molecule has 0 spiro atoms. The van der Waals surface area contributed by atoms with E-state index in [1.165, 1.54) is 23.4 Å². The predicted octanol–water partition coefficient (Wildman–Crippen LogP) is 2.40. The average molecular weight is 287 g/mol. The van der Waals surface area contributed by atoms with Gasteiger partial charge in [0.15, 0.2) is 0 Å². The third kappa shape index (κ3) is 2.99. The monoisotopic (exact) mass is 287 g/mol. The second-order valence-corrected chi connectivity index (χ2v) is 6.30. The molecule has 1 amide bonds. The Morgan fingerprint density at radius 2 is 2.05 bits per heavy atom. The van der Waals surface area contributed by atoms with Gasteiger partial charge in [-0.05, 0) is 56.4 Å². The first kappa shape index (κ1) is 14.2. The molecule has 2 aliphatic heterocycles. The molecule has 1 aromatic carbocycles. The second kappa shape index (κ2) is 5.96. The number of anilines is 2. The second-order valence-electron chi connectivity index (χ2n) is 6.30. The molecule has 2 aliphatic rings. The van der Waals surface area contributed by atoms with Crippen molar-refractivity contribution >= 4 is 17.3 Å². The lowest BCUT2D eigenvalue weighted by molar-refractivity contribution is -0.125. The number of piperidine rings is 1. The van der Waals surface area contributed by atoms with Crippen LogP contribution in [0.1, 0.15) is 31.7 Å². The fraction of sp³-hybridized carbons (Fsp3) is 0.588. The van der Waals surface area contributed by atoms with Gasteiger partial charge in [-0.25, -0.2) is 0 Å². The minimum atomic E-state index is 0.186. The van der Waals surface area contributed by atoms with E-state index in [1.807, 2.05) is 0 Å². The SMILES string of the molecule is CNC(=O)C1CCN(c2ccc3c(c2)CCC(C)N3)CC1. The van der Waals surface area contributed by atoms with Crippen molar-refractivity contribution in [1.29, 1.82) is 0 Å². The van der Waals surface area contributed by atoms with Crippen molar-refractivity contribution in [3.63, 3.8) is 0 Å². The molecule has 3 rings (SSSR count). The Labute approximate surface area is 126 Å². The molecule has 21 heavy (non-hydrogen) atoms. The Hall–Kier alpha value is -1.71. The van der Waals surface area contributed by atoms with Crippen LogP contribution in [0.5, 0.6) is 0 Å². The van der Waals surface area contributed by atoms with E-state index in [9.17, 15) is 4.79 Å². The van der Waals surface area contributed by atoms with Crippen LogP contribution < -0.4 is 15.5 Å². The molecule has 1 aromatic rings. The summed E-state index contributed by atoms with van der Waals surface area (Å²) in [4.78, 5) is 14.1. The maximum absolute atomic E-state index is 11.7. The number of carbonyl (C=O) groups excluding carboxylic acids is 1. The molecule has 1 saturated heterocycles. The number of hydrogen-bond acceptors (Lipinski definition) is 3. The number of benzene rings is 1. The summed E-state index contributed by atoms with van der Waals surface area (Å²) in [5.41, 5.74) is 4.03. The highest BCUT2D eigenvalue weighted by Gasteiger charge is 2.25. The zero-order valence-corrected chi connectivity index (χ0v) is 13.0. The Morgan fingerprint density at radius 1 is 1.29 bits per heavy atom. The van der Waals surface area contributed by atoms with Crippen LogP contribution in [0.15, 0.2) is 18.2 Å². The maximum atomic E-state index is 11.7. The molecule has 4 heteroatoms. The van der Waals surface area contributed by atoms with Gasteiger partial charge in [-0.15, -0.1) is 0 Å². The summed E-state index contributed by atoms with van der Waals surface area (Å²) in [5.74, 6) is 0.379. The molecule has 1 atom stereocenters. The van der Waals surface area contributed by atoms with Gasteiger partial charge in [0.2, 0.25) is 5.91 Å². The van der Waals surface area contributed by atoms with Crippen LogP contribution in [-0.4, -0.2) is 32.1 Å². The van der Waals surface area contributed by atoms with Gasteiger partial charge >= 0.3 is 0 Å². The number of aryl methyl sites for hydroxylation is 1. The summed E-state index contributed by atoms with van der Waals surface area (Å²) in [7, 11) is 1.73. The Bertz CT molecular complexity index is 521. The van der Waals surface area contributed by atoms with Gasteiger partial charge in [-0.1, -0.05) is 0 Å². The highest BCUT2D eigenvalue weighted by Crippen LogP contribution is 2.31.